The normalized spacial score (nSPS) is 10.6. The van der Waals surface area contributed by atoms with Gasteiger partial charge in [-0.05, 0) is 37.0 Å². The molecular weight excluding hydrogens is 354 g/mol. The molecule has 1 aromatic heterocycles. The maximum absolute atomic E-state index is 12.9. The van der Waals surface area contributed by atoms with E-state index in [1.165, 1.54) is 37.5 Å². The second-order valence-electron chi connectivity index (χ2n) is 7.02. The molecule has 0 aliphatic rings. The fourth-order valence-corrected chi connectivity index (χ4v) is 2.99. The van der Waals surface area contributed by atoms with E-state index in [2.05, 4.69) is 24.3 Å². The lowest BCUT2D eigenvalue weighted by Gasteiger charge is -2.22. The van der Waals surface area contributed by atoms with Crippen LogP contribution in [0.4, 0.5) is 5.82 Å². The highest BCUT2D eigenvalue weighted by Gasteiger charge is 2.19. The molecule has 0 aliphatic heterocycles. The first kappa shape index (κ1) is 21.7. The van der Waals surface area contributed by atoms with Crippen LogP contribution in [0.15, 0.2) is 41.1 Å². The first-order chi connectivity index (χ1) is 13.6. The van der Waals surface area contributed by atoms with Crippen LogP contribution >= 0.6 is 0 Å². The van der Waals surface area contributed by atoms with Crippen LogP contribution in [-0.2, 0) is 11.2 Å². The molecule has 0 spiro atoms. The Bertz CT molecular complexity index is 711. The summed E-state index contributed by atoms with van der Waals surface area (Å²) >= 11 is 0. The number of anilines is 1. The van der Waals surface area contributed by atoms with E-state index in [-0.39, 0.29) is 18.4 Å². The summed E-state index contributed by atoms with van der Waals surface area (Å²) in [5.41, 5.74) is 1.86. The van der Waals surface area contributed by atoms with Gasteiger partial charge in [-0.2, -0.15) is 0 Å². The highest BCUT2D eigenvalue weighted by atomic mass is 16.5. The van der Waals surface area contributed by atoms with Gasteiger partial charge in [0.1, 0.15) is 12.8 Å². The molecule has 152 valence electrons. The Labute approximate surface area is 167 Å². The Kier molecular flexibility index (Phi) is 9.25. The van der Waals surface area contributed by atoms with Gasteiger partial charge in [0.05, 0.1) is 0 Å². The van der Waals surface area contributed by atoms with E-state index < -0.39 is 0 Å². The van der Waals surface area contributed by atoms with Crippen LogP contribution in [0, 0.1) is 0 Å². The first-order valence-electron chi connectivity index (χ1n) is 10.2. The van der Waals surface area contributed by atoms with Crippen LogP contribution in [0.5, 0.6) is 0 Å². The third kappa shape index (κ3) is 7.18. The number of aromatic nitrogens is 1. The van der Waals surface area contributed by atoms with E-state index in [0.29, 0.717) is 17.9 Å². The molecule has 0 saturated heterocycles. The van der Waals surface area contributed by atoms with E-state index in [1.54, 1.807) is 11.0 Å². The highest BCUT2D eigenvalue weighted by molar-refractivity contribution is 5.99. The van der Waals surface area contributed by atoms with Gasteiger partial charge in [0.15, 0.2) is 5.82 Å². The van der Waals surface area contributed by atoms with Crippen molar-refractivity contribution in [1.29, 1.82) is 0 Å². The van der Waals surface area contributed by atoms with Crippen molar-refractivity contribution in [1.82, 2.24) is 10.1 Å². The van der Waals surface area contributed by atoms with Crippen molar-refractivity contribution < 1.29 is 14.1 Å². The fraction of sp³-hybridized carbons (Fsp3) is 0.500. The Balaban J connectivity index is 1.95. The summed E-state index contributed by atoms with van der Waals surface area (Å²) in [7, 11) is 0. The Hall–Kier alpha value is -2.63. The Morgan fingerprint density at radius 3 is 2.39 bits per heavy atom. The summed E-state index contributed by atoms with van der Waals surface area (Å²) in [6, 6.07) is 9.34. The van der Waals surface area contributed by atoms with Crippen LogP contribution < -0.4 is 5.32 Å². The molecule has 6 nitrogen and oxygen atoms in total. The van der Waals surface area contributed by atoms with E-state index in [9.17, 15) is 9.59 Å². The number of nitrogens with one attached hydrogen (secondary N) is 1. The van der Waals surface area contributed by atoms with Gasteiger partial charge in [0.25, 0.3) is 5.91 Å². The molecule has 2 rings (SSSR count). The molecule has 0 saturated carbocycles. The van der Waals surface area contributed by atoms with Gasteiger partial charge in [0.2, 0.25) is 5.91 Å². The molecule has 1 heterocycles. The molecule has 0 aliphatic carbocycles. The summed E-state index contributed by atoms with van der Waals surface area (Å²) in [5, 5.41) is 6.30. The van der Waals surface area contributed by atoms with Crippen molar-refractivity contribution in [3.63, 3.8) is 0 Å². The number of hydrogen-bond donors (Lipinski definition) is 1. The largest absolute Gasteiger partial charge is 0.363 e. The number of amides is 2. The van der Waals surface area contributed by atoms with Crippen molar-refractivity contribution in [2.45, 2.75) is 58.8 Å². The van der Waals surface area contributed by atoms with Crippen LogP contribution in [-0.4, -0.2) is 35.0 Å². The summed E-state index contributed by atoms with van der Waals surface area (Å²) in [5.74, 6) is -0.0625. The molecule has 0 unspecified atom stereocenters. The molecule has 0 bridgehead atoms. The molecule has 1 aromatic carbocycles. The lowest BCUT2D eigenvalue weighted by molar-refractivity contribution is -0.117. The fourth-order valence-electron chi connectivity index (χ4n) is 2.99. The third-order valence-corrected chi connectivity index (χ3v) is 4.63. The average molecular weight is 386 g/mol. The van der Waals surface area contributed by atoms with Crippen LogP contribution in [0.2, 0.25) is 0 Å². The predicted octanol–water partition coefficient (Wildman–Crippen LogP) is 4.68. The van der Waals surface area contributed by atoms with Crippen molar-refractivity contribution in [3.8, 4) is 0 Å². The third-order valence-electron chi connectivity index (χ3n) is 4.63. The SMILES string of the molecule is CCCCCCc1ccc(C(=O)N(CCCC)CC(=O)Nc2ccon2)cc1. The minimum Gasteiger partial charge on any atom is -0.363 e. The van der Waals surface area contributed by atoms with Crippen molar-refractivity contribution in [3.05, 3.63) is 47.7 Å². The van der Waals surface area contributed by atoms with Gasteiger partial charge in [-0.15, -0.1) is 0 Å². The van der Waals surface area contributed by atoms with E-state index in [1.807, 2.05) is 24.3 Å². The second-order valence-corrected chi connectivity index (χ2v) is 7.02. The van der Waals surface area contributed by atoms with E-state index in [4.69, 9.17) is 4.52 Å². The molecule has 28 heavy (non-hydrogen) atoms. The van der Waals surface area contributed by atoms with Crippen LogP contribution in [0.1, 0.15) is 68.3 Å². The maximum atomic E-state index is 12.9. The maximum Gasteiger partial charge on any atom is 0.254 e. The number of aryl methyl sites for hydroxylation is 1. The summed E-state index contributed by atoms with van der Waals surface area (Å²) < 4.78 is 4.71. The standard InChI is InChI=1S/C22H31N3O3/c1-3-5-7-8-9-18-10-12-19(13-11-18)22(27)25(15-6-4-2)17-21(26)23-20-14-16-28-24-20/h10-14,16H,3-9,15,17H2,1-2H3,(H,23,24,26). The molecule has 2 amide bonds. The molecule has 0 fully saturated rings. The summed E-state index contributed by atoms with van der Waals surface area (Å²) in [6.07, 6.45) is 9.12. The van der Waals surface area contributed by atoms with Crippen LogP contribution in [0.3, 0.4) is 0 Å². The van der Waals surface area contributed by atoms with Gasteiger partial charge >= 0.3 is 0 Å². The van der Waals surface area contributed by atoms with Gasteiger partial charge in [-0.3, -0.25) is 9.59 Å². The van der Waals surface area contributed by atoms with Gasteiger partial charge in [-0.1, -0.05) is 56.8 Å². The van der Waals surface area contributed by atoms with Gasteiger partial charge in [0, 0.05) is 18.2 Å². The number of unbranched alkanes of at least 4 members (excludes halogenated alkanes) is 4. The minimum atomic E-state index is -0.286. The van der Waals surface area contributed by atoms with Crippen LogP contribution in [0.25, 0.3) is 0 Å². The predicted molar refractivity (Wildman–Crippen MR) is 110 cm³/mol. The number of carbonyl (C=O) groups is 2. The molecule has 1 N–H and O–H groups in total. The van der Waals surface area contributed by atoms with Crippen molar-refractivity contribution in [2.75, 3.05) is 18.4 Å². The number of benzene rings is 1. The highest BCUT2D eigenvalue weighted by Crippen LogP contribution is 2.12. The zero-order valence-corrected chi connectivity index (χ0v) is 16.9. The smallest absolute Gasteiger partial charge is 0.254 e. The molecule has 6 heteroatoms. The average Bonchev–Trinajstić information content (AvgIpc) is 3.21. The van der Waals surface area contributed by atoms with Crippen molar-refractivity contribution >= 4 is 17.6 Å². The zero-order valence-electron chi connectivity index (χ0n) is 16.9. The monoisotopic (exact) mass is 385 g/mol. The van der Waals surface area contributed by atoms with Crippen molar-refractivity contribution in [2.24, 2.45) is 0 Å². The Morgan fingerprint density at radius 1 is 1.00 bits per heavy atom. The summed E-state index contributed by atoms with van der Waals surface area (Å²) in [4.78, 5) is 26.8. The Morgan fingerprint density at radius 2 is 1.75 bits per heavy atom. The lowest BCUT2D eigenvalue weighted by atomic mass is 10.0. The summed E-state index contributed by atoms with van der Waals surface area (Å²) in [6.45, 7) is 4.80. The first-order valence-corrected chi connectivity index (χ1v) is 10.2. The number of carbonyl (C=O) groups excluding carboxylic acids is 2. The van der Waals surface area contributed by atoms with Gasteiger partial charge in [-0.25, -0.2) is 0 Å². The minimum absolute atomic E-state index is 0.00946. The van der Waals surface area contributed by atoms with Gasteiger partial charge < -0.3 is 14.7 Å². The van der Waals surface area contributed by atoms with E-state index >= 15 is 0 Å². The molecular formula is C22H31N3O3. The lowest BCUT2D eigenvalue weighted by Crippen LogP contribution is -2.38. The number of nitrogens with zero attached hydrogens (tertiary/aromatic N) is 2. The zero-order chi connectivity index (χ0) is 20.2. The topological polar surface area (TPSA) is 75.4 Å². The number of rotatable bonds is 12. The molecule has 0 radical (unpaired) electrons. The second kappa shape index (κ2) is 12.0. The number of hydrogen-bond acceptors (Lipinski definition) is 4. The van der Waals surface area contributed by atoms with E-state index in [0.717, 1.165) is 19.3 Å². The molecule has 0 atom stereocenters. The quantitative estimate of drug-likeness (QED) is 0.538. The molecule has 2 aromatic rings.